The van der Waals surface area contributed by atoms with Gasteiger partial charge in [-0.2, -0.15) is 0 Å². The average Bonchev–Trinajstić information content (AvgIpc) is 3.62. The Balaban J connectivity index is 1.38. The van der Waals surface area contributed by atoms with Crippen LogP contribution >= 0.6 is 0 Å². The highest BCUT2D eigenvalue weighted by Gasteiger charge is 2.61. The van der Waals surface area contributed by atoms with E-state index in [2.05, 4.69) is 16.0 Å². The minimum atomic E-state index is -3.20. The molecule has 0 aromatic carbocycles. The number of aliphatic hydroxyl groups is 18. The summed E-state index contributed by atoms with van der Waals surface area (Å²) in [7, 11) is 0. The molecule has 5 aliphatic heterocycles. The molecule has 5 rings (SSSR count). The van der Waals surface area contributed by atoms with Crippen LogP contribution in [-0.4, -0.2) is 344 Å². The van der Waals surface area contributed by atoms with Gasteiger partial charge < -0.3 is 160 Å². The van der Waals surface area contributed by atoms with Gasteiger partial charge in [0.2, 0.25) is 17.7 Å². The van der Waals surface area contributed by atoms with E-state index in [0.717, 1.165) is 20.8 Å². The van der Waals surface area contributed by atoms with Gasteiger partial charge in [0.05, 0.1) is 63.9 Å². The number of aliphatic hydroxyl groups excluding tert-OH is 18. The lowest BCUT2D eigenvalue weighted by molar-refractivity contribution is -0.383. The quantitative estimate of drug-likeness (QED) is 0.0404. The Bertz CT molecular complexity index is 2020. The third kappa shape index (κ3) is 15.8. The molecule has 0 aromatic rings. The van der Waals surface area contributed by atoms with E-state index in [1.165, 1.54) is 6.92 Å². The van der Waals surface area contributed by atoms with E-state index in [1.54, 1.807) is 0 Å². The number of carboxylic acids is 1. The first kappa shape index (κ1) is 68.5. The van der Waals surface area contributed by atoms with Gasteiger partial charge in [0.1, 0.15) is 128 Å². The topological polar surface area (TPSA) is 581 Å². The lowest BCUT2D eigenvalue weighted by atomic mass is 9.88. The Morgan fingerprint density at radius 2 is 1.14 bits per heavy atom. The molecule has 0 aliphatic carbocycles. The number of aliphatic carboxylic acids is 1. The lowest BCUT2D eigenvalue weighted by Gasteiger charge is -2.51. The number of hydrogen-bond acceptors (Lipinski definition) is 32. The first-order valence-corrected chi connectivity index (χ1v) is 25.5. The third-order valence-corrected chi connectivity index (χ3v) is 14.2. The number of amides is 3. The van der Waals surface area contributed by atoms with Crippen LogP contribution in [0.2, 0.25) is 0 Å². The van der Waals surface area contributed by atoms with Gasteiger partial charge in [-0.15, -0.1) is 0 Å². The molecule has 0 aromatic heterocycles. The summed E-state index contributed by atoms with van der Waals surface area (Å²) in [5.74, 6) is -7.84. The number of carbonyl (C=O) groups is 4. The highest BCUT2D eigenvalue weighted by molar-refractivity contribution is 5.77. The van der Waals surface area contributed by atoms with Gasteiger partial charge in [-0.1, -0.05) is 0 Å². The van der Waals surface area contributed by atoms with Gasteiger partial charge in [-0.3, -0.25) is 14.4 Å². The maximum absolute atomic E-state index is 13.0. The fourth-order valence-electron chi connectivity index (χ4n) is 9.86. The van der Waals surface area contributed by atoms with E-state index in [-0.39, 0.29) is 0 Å². The second-order valence-electron chi connectivity index (χ2n) is 20.2. The molecule has 3 amide bonds. The highest BCUT2D eigenvalue weighted by atomic mass is 16.8. The minimum absolute atomic E-state index is 0.826. The zero-order valence-corrected chi connectivity index (χ0v) is 43.9. The van der Waals surface area contributed by atoms with E-state index >= 15 is 0 Å². The Kier molecular flexibility index (Phi) is 25.1. The molecule has 22 N–H and O–H groups in total. The van der Waals surface area contributed by atoms with E-state index in [0.29, 0.717) is 0 Å². The summed E-state index contributed by atoms with van der Waals surface area (Å²) in [6.07, 6.45) is -53.4. The van der Waals surface area contributed by atoms with Crippen LogP contribution in [-0.2, 0) is 66.5 Å². The smallest absolute Gasteiger partial charge is 0.364 e. The zero-order chi connectivity index (χ0) is 60.7. The van der Waals surface area contributed by atoms with E-state index in [4.69, 9.17) is 47.4 Å². The number of ether oxygens (including phenoxy) is 10. The SMILES string of the molecule is CC(=O)N[C@H]1[C@H](OC[C@@H](O)[C@H](O)[C@H](O[C@@H]2O[C@H](CO)[C@H](O)[C@H](O)[C@H]2O[C@@H]2O[C@@H](C)[C@@H](O)[C@@H](O)[C@@H]2O)[C@H](CO)NC(C)=O)O[C@H](CO)[C@@H](O[C@@H]2O[C@H](CO)[C@H](O)[C@H](O[C@]3(C(=O)O)C[C@H](O)[C@@H](NC(C)=O)[C@H]([C@H](O)[C@H](O)CO)O3)[C@H]2O)[C@@H]1O. The van der Waals surface area contributed by atoms with Crippen molar-refractivity contribution in [1.29, 1.82) is 0 Å². The Labute approximate surface area is 459 Å². The number of hydrogen-bond donors (Lipinski definition) is 22. The Morgan fingerprint density at radius 1 is 0.580 bits per heavy atom. The van der Waals surface area contributed by atoms with Gasteiger partial charge in [0.25, 0.3) is 5.79 Å². The second-order valence-corrected chi connectivity index (χ2v) is 20.2. The van der Waals surface area contributed by atoms with Crippen LogP contribution in [0.5, 0.6) is 0 Å². The van der Waals surface area contributed by atoms with Crippen molar-refractivity contribution in [2.45, 2.75) is 217 Å². The molecule has 30 atom stereocenters. The number of carbonyl (C=O) groups excluding carboxylic acids is 3. The second kappa shape index (κ2) is 29.7. The standard InChI is InChI=1S/C45H77N3O33/c1-12-25(60)31(66)33(68)41(73-12)79-39-32(67)28(63)20(8-51)75-43(39)77-35(16(6-49)46-13(2)54)27(62)19(59)11-72-40-24(48-15(4)56)30(65)36(22(10-53)76-40)78-42-34(69)38(29(64)21(9-52)74-42)81-45(44(70)71)5-17(57)23(47-14(3)55)37(80-45)26(61)18(58)7-50/h12,16-43,49-53,57-69H,5-11H2,1-4H3,(H,46,54)(H,47,55)(H,48,56)(H,70,71)/t12-,16-,17-,18+,19+,20+,21+,22+,23+,24+,25+,26+,27-,28-,29-,30+,31+,32-,33-,34+,35+,36+,37+,38-,39+,40+,41-,42-,43-,45-/m0/s1. The lowest BCUT2D eigenvalue weighted by Crippen LogP contribution is -2.71. The zero-order valence-electron chi connectivity index (χ0n) is 43.9. The summed E-state index contributed by atoms with van der Waals surface area (Å²) < 4.78 is 57.0. The van der Waals surface area contributed by atoms with Gasteiger partial charge in [-0.05, 0) is 6.92 Å². The molecule has 0 saturated carbocycles. The van der Waals surface area contributed by atoms with E-state index < -0.39 is 253 Å². The predicted octanol–water partition coefficient (Wildman–Crippen LogP) is -13.8. The largest absolute Gasteiger partial charge is 0.477 e. The maximum Gasteiger partial charge on any atom is 0.364 e. The summed E-state index contributed by atoms with van der Waals surface area (Å²) in [6, 6.07) is -5.19. The van der Waals surface area contributed by atoms with Crippen LogP contribution in [0.15, 0.2) is 0 Å². The van der Waals surface area contributed by atoms with Gasteiger partial charge >= 0.3 is 5.97 Å². The van der Waals surface area contributed by atoms with Crippen LogP contribution < -0.4 is 16.0 Å². The molecule has 5 fully saturated rings. The molecular weight excluding hydrogens is 1110 g/mol. The van der Waals surface area contributed by atoms with Crippen LogP contribution in [0.1, 0.15) is 34.1 Å². The molecule has 0 radical (unpaired) electrons. The molecule has 0 unspecified atom stereocenters. The number of nitrogens with one attached hydrogen (secondary N) is 3. The molecule has 5 heterocycles. The normalized spacial score (nSPS) is 42.6. The first-order valence-electron chi connectivity index (χ1n) is 25.5. The van der Waals surface area contributed by atoms with Crippen molar-refractivity contribution in [1.82, 2.24) is 16.0 Å². The summed E-state index contributed by atoms with van der Waals surface area (Å²) in [5, 5.41) is 211. The molecule has 470 valence electrons. The van der Waals surface area contributed by atoms with Crippen LogP contribution in [0.4, 0.5) is 0 Å². The first-order chi connectivity index (χ1) is 38.0. The van der Waals surface area contributed by atoms with Crippen LogP contribution in [0, 0.1) is 0 Å². The molecule has 0 spiro atoms. The van der Waals surface area contributed by atoms with Gasteiger partial charge in [0.15, 0.2) is 25.2 Å². The molecule has 0 bridgehead atoms. The summed E-state index contributed by atoms with van der Waals surface area (Å²) in [4.78, 5) is 50.0. The van der Waals surface area contributed by atoms with Crippen molar-refractivity contribution in [3.05, 3.63) is 0 Å². The number of carboxylic acid groups (broad SMARTS) is 1. The Hall–Kier alpha value is -3.24. The van der Waals surface area contributed by atoms with Crippen LogP contribution in [0.3, 0.4) is 0 Å². The minimum Gasteiger partial charge on any atom is -0.477 e. The fraction of sp³-hybridized carbons (Fsp3) is 0.911. The van der Waals surface area contributed by atoms with Crippen LogP contribution in [0.25, 0.3) is 0 Å². The van der Waals surface area contributed by atoms with E-state index in [9.17, 15) is 116 Å². The maximum atomic E-state index is 13.0. The van der Waals surface area contributed by atoms with Crippen molar-refractivity contribution in [3.63, 3.8) is 0 Å². The van der Waals surface area contributed by atoms with E-state index in [1.807, 2.05) is 0 Å². The molecule has 5 saturated heterocycles. The number of rotatable bonds is 25. The highest BCUT2D eigenvalue weighted by Crippen LogP contribution is 2.39. The molecule has 81 heavy (non-hydrogen) atoms. The van der Waals surface area contributed by atoms with Crippen molar-refractivity contribution < 1.29 is 164 Å². The van der Waals surface area contributed by atoms with Crippen molar-refractivity contribution in [2.75, 3.05) is 39.6 Å². The monoisotopic (exact) mass is 1190 g/mol. The van der Waals surface area contributed by atoms with Crippen molar-refractivity contribution in [2.24, 2.45) is 0 Å². The van der Waals surface area contributed by atoms with Gasteiger partial charge in [-0.25, -0.2) is 4.79 Å². The summed E-state index contributed by atoms with van der Waals surface area (Å²) in [5.41, 5.74) is 0. The third-order valence-electron chi connectivity index (χ3n) is 14.2. The summed E-state index contributed by atoms with van der Waals surface area (Å²) >= 11 is 0. The fourth-order valence-corrected chi connectivity index (χ4v) is 9.86. The molecule has 36 heteroatoms. The summed E-state index contributed by atoms with van der Waals surface area (Å²) in [6.45, 7) is -2.32. The predicted molar refractivity (Wildman–Crippen MR) is 252 cm³/mol. The average molecular weight is 1190 g/mol. The molecule has 36 nitrogen and oxygen atoms in total. The van der Waals surface area contributed by atoms with Crippen molar-refractivity contribution >= 4 is 23.7 Å². The molecule has 5 aliphatic rings. The van der Waals surface area contributed by atoms with Gasteiger partial charge in [0, 0.05) is 27.2 Å². The van der Waals surface area contributed by atoms with Crippen molar-refractivity contribution in [3.8, 4) is 0 Å². The Morgan fingerprint density at radius 3 is 1.69 bits per heavy atom. The molecular formula is C45H77N3O33.